The lowest BCUT2D eigenvalue weighted by molar-refractivity contribution is -0.128. The minimum absolute atomic E-state index is 0.0194. The van der Waals surface area contributed by atoms with Gasteiger partial charge in [0, 0.05) is 31.6 Å². The van der Waals surface area contributed by atoms with Crippen molar-refractivity contribution in [3.8, 4) is 0 Å². The zero-order chi connectivity index (χ0) is 17.4. The fourth-order valence-corrected chi connectivity index (χ4v) is 3.05. The minimum Gasteiger partial charge on any atom is -0.465 e. The molecule has 0 aromatic carbocycles. The summed E-state index contributed by atoms with van der Waals surface area (Å²) in [6, 6.07) is 3.62. The fraction of sp³-hybridized carbons (Fsp3) is 0.579. The van der Waals surface area contributed by atoms with E-state index in [1.165, 1.54) is 0 Å². The van der Waals surface area contributed by atoms with Crippen LogP contribution in [0.4, 0.5) is 0 Å². The van der Waals surface area contributed by atoms with Gasteiger partial charge in [-0.15, -0.1) is 0 Å². The Morgan fingerprint density at radius 1 is 1.33 bits per heavy atom. The second-order valence-electron chi connectivity index (χ2n) is 6.38. The molecule has 0 aliphatic carbocycles. The molecule has 0 bridgehead atoms. The molecule has 2 amide bonds. The normalized spacial score (nSPS) is 16.0. The van der Waals surface area contributed by atoms with E-state index < -0.39 is 0 Å². The van der Waals surface area contributed by atoms with Crippen LogP contribution in [0.5, 0.6) is 0 Å². The summed E-state index contributed by atoms with van der Waals surface area (Å²) in [6.07, 6.45) is 8.49. The second kappa shape index (κ2) is 9.30. The van der Waals surface area contributed by atoms with Crippen LogP contribution in [0.25, 0.3) is 6.08 Å². The first-order valence-corrected chi connectivity index (χ1v) is 8.92. The molecule has 2 rings (SSSR count). The highest BCUT2D eigenvalue weighted by Crippen LogP contribution is 2.17. The molecule has 0 unspecified atom stereocenters. The monoisotopic (exact) mass is 332 g/mol. The number of likely N-dealkylation sites (tertiary alicyclic amines) is 1. The summed E-state index contributed by atoms with van der Waals surface area (Å²) in [7, 11) is 0. The molecule has 0 radical (unpaired) electrons. The van der Waals surface area contributed by atoms with E-state index in [9.17, 15) is 9.59 Å². The van der Waals surface area contributed by atoms with Gasteiger partial charge in [-0.1, -0.05) is 13.8 Å². The highest BCUT2D eigenvalue weighted by Gasteiger charge is 2.23. The van der Waals surface area contributed by atoms with Crippen LogP contribution >= 0.6 is 0 Å². The number of hydrogen-bond donors (Lipinski definition) is 1. The summed E-state index contributed by atoms with van der Waals surface area (Å²) in [5, 5.41) is 3.07. The average Bonchev–Trinajstić information content (AvgIpc) is 3.13. The molecule has 132 valence electrons. The Morgan fingerprint density at radius 2 is 2.04 bits per heavy atom. The van der Waals surface area contributed by atoms with Crippen molar-refractivity contribution < 1.29 is 14.0 Å². The highest BCUT2D eigenvalue weighted by atomic mass is 16.3. The Hall–Kier alpha value is -2.04. The van der Waals surface area contributed by atoms with Gasteiger partial charge in [-0.3, -0.25) is 9.59 Å². The van der Waals surface area contributed by atoms with Gasteiger partial charge < -0.3 is 14.6 Å². The summed E-state index contributed by atoms with van der Waals surface area (Å²) < 4.78 is 5.18. The van der Waals surface area contributed by atoms with Gasteiger partial charge in [0.1, 0.15) is 5.76 Å². The summed E-state index contributed by atoms with van der Waals surface area (Å²) >= 11 is 0. The standard InChI is InChI=1S/C19H28N2O3/c1-3-16(4-2)19(23)20-14-15-9-11-21(12-10-15)18(22)8-7-17-6-5-13-24-17/h5-8,13,15-16H,3-4,9-12,14H2,1-2H3,(H,20,23)/b8-7+. The molecule has 24 heavy (non-hydrogen) atoms. The molecule has 0 saturated carbocycles. The summed E-state index contributed by atoms with van der Waals surface area (Å²) in [4.78, 5) is 26.0. The molecule has 5 nitrogen and oxygen atoms in total. The quantitative estimate of drug-likeness (QED) is 0.781. The number of nitrogens with one attached hydrogen (secondary N) is 1. The van der Waals surface area contributed by atoms with Crippen molar-refractivity contribution in [1.29, 1.82) is 0 Å². The van der Waals surface area contributed by atoms with Gasteiger partial charge in [-0.25, -0.2) is 0 Å². The Balaban J connectivity index is 1.71. The maximum absolute atomic E-state index is 12.2. The number of nitrogens with zero attached hydrogens (tertiary/aromatic N) is 1. The topological polar surface area (TPSA) is 62.6 Å². The van der Waals surface area contributed by atoms with Gasteiger partial charge >= 0.3 is 0 Å². The largest absolute Gasteiger partial charge is 0.465 e. The first-order chi connectivity index (χ1) is 11.6. The number of piperidine rings is 1. The van der Waals surface area contributed by atoms with Crippen LogP contribution in [0.1, 0.15) is 45.3 Å². The Kier molecular flexibility index (Phi) is 7.09. The first kappa shape index (κ1) is 18.3. The Morgan fingerprint density at radius 3 is 2.62 bits per heavy atom. The number of furan rings is 1. The van der Waals surface area contributed by atoms with Crippen molar-refractivity contribution in [2.75, 3.05) is 19.6 Å². The third-order valence-corrected chi connectivity index (χ3v) is 4.78. The number of amides is 2. The molecule has 1 saturated heterocycles. The Bertz CT molecular complexity index is 539. The molecule has 5 heteroatoms. The van der Waals surface area contributed by atoms with Gasteiger partial charge in [0.15, 0.2) is 0 Å². The molecule has 0 spiro atoms. The molecule has 1 N–H and O–H groups in total. The van der Waals surface area contributed by atoms with E-state index in [0.29, 0.717) is 11.7 Å². The third kappa shape index (κ3) is 5.25. The van der Waals surface area contributed by atoms with Gasteiger partial charge in [-0.2, -0.15) is 0 Å². The summed E-state index contributed by atoms with van der Waals surface area (Å²) in [5.41, 5.74) is 0. The molecular formula is C19H28N2O3. The third-order valence-electron chi connectivity index (χ3n) is 4.78. The van der Waals surface area contributed by atoms with Crippen molar-refractivity contribution in [2.45, 2.75) is 39.5 Å². The molecule has 2 heterocycles. The van der Waals surface area contributed by atoms with Gasteiger partial charge in [0.25, 0.3) is 0 Å². The zero-order valence-electron chi connectivity index (χ0n) is 14.7. The van der Waals surface area contributed by atoms with Crippen molar-refractivity contribution >= 4 is 17.9 Å². The number of hydrogen-bond acceptors (Lipinski definition) is 3. The van der Waals surface area contributed by atoms with Crippen LogP contribution in [-0.4, -0.2) is 36.3 Å². The zero-order valence-corrected chi connectivity index (χ0v) is 14.7. The molecule has 1 aromatic heterocycles. The van der Waals surface area contributed by atoms with E-state index in [2.05, 4.69) is 5.32 Å². The lowest BCUT2D eigenvalue weighted by Crippen LogP contribution is -2.41. The van der Waals surface area contributed by atoms with E-state index in [1.54, 1.807) is 24.5 Å². The van der Waals surface area contributed by atoms with Crippen LogP contribution in [0, 0.1) is 11.8 Å². The minimum atomic E-state index is 0.0194. The van der Waals surface area contributed by atoms with E-state index in [4.69, 9.17) is 4.42 Å². The SMILES string of the molecule is CCC(CC)C(=O)NCC1CCN(C(=O)/C=C/c2ccco2)CC1. The van der Waals surface area contributed by atoms with Crippen molar-refractivity contribution in [3.63, 3.8) is 0 Å². The predicted octanol–water partition coefficient (Wildman–Crippen LogP) is 3.08. The van der Waals surface area contributed by atoms with E-state index in [1.807, 2.05) is 24.8 Å². The second-order valence-corrected chi connectivity index (χ2v) is 6.38. The van der Waals surface area contributed by atoms with Crippen LogP contribution in [0.2, 0.25) is 0 Å². The molecule has 1 aliphatic rings. The molecule has 0 atom stereocenters. The average molecular weight is 332 g/mol. The molecule has 1 fully saturated rings. The maximum atomic E-state index is 12.2. The van der Waals surface area contributed by atoms with E-state index in [-0.39, 0.29) is 17.7 Å². The molecule has 1 aliphatic heterocycles. The van der Waals surface area contributed by atoms with Gasteiger partial charge in [0.05, 0.1) is 6.26 Å². The predicted molar refractivity (Wildman–Crippen MR) is 94.1 cm³/mol. The van der Waals surface area contributed by atoms with Gasteiger partial charge in [0.2, 0.25) is 11.8 Å². The number of rotatable bonds is 7. The van der Waals surface area contributed by atoms with Crippen LogP contribution in [0.15, 0.2) is 28.9 Å². The van der Waals surface area contributed by atoms with Crippen LogP contribution < -0.4 is 5.32 Å². The lowest BCUT2D eigenvalue weighted by atomic mass is 9.96. The van der Waals surface area contributed by atoms with Crippen molar-refractivity contribution in [3.05, 3.63) is 30.2 Å². The highest BCUT2D eigenvalue weighted by molar-refractivity contribution is 5.91. The molecular weight excluding hydrogens is 304 g/mol. The lowest BCUT2D eigenvalue weighted by Gasteiger charge is -2.31. The number of carbonyl (C=O) groups is 2. The summed E-state index contributed by atoms with van der Waals surface area (Å²) in [6.45, 7) is 6.31. The Labute approximate surface area is 144 Å². The van der Waals surface area contributed by atoms with Crippen molar-refractivity contribution in [1.82, 2.24) is 10.2 Å². The van der Waals surface area contributed by atoms with E-state index >= 15 is 0 Å². The van der Waals surface area contributed by atoms with Crippen molar-refractivity contribution in [2.24, 2.45) is 11.8 Å². The van der Waals surface area contributed by atoms with Gasteiger partial charge in [-0.05, 0) is 49.8 Å². The van der Waals surface area contributed by atoms with E-state index in [0.717, 1.165) is 45.3 Å². The maximum Gasteiger partial charge on any atom is 0.246 e. The number of carbonyl (C=O) groups excluding carboxylic acids is 2. The molecule has 1 aromatic rings. The fourth-order valence-electron chi connectivity index (χ4n) is 3.05. The van der Waals surface area contributed by atoms with Crippen LogP contribution in [0.3, 0.4) is 0 Å². The smallest absolute Gasteiger partial charge is 0.246 e. The summed E-state index contributed by atoms with van der Waals surface area (Å²) in [5.74, 6) is 1.45. The van der Waals surface area contributed by atoms with Crippen LogP contribution in [-0.2, 0) is 9.59 Å². The first-order valence-electron chi connectivity index (χ1n) is 8.92.